The lowest BCUT2D eigenvalue weighted by Gasteiger charge is -2.30. The van der Waals surface area contributed by atoms with Crippen LogP contribution >= 0.6 is 11.8 Å². The zero-order valence-corrected chi connectivity index (χ0v) is 11.9. The van der Waals surface area contributed by atoms with Crippen molar-refractivity contribution in [1.82, 2.24) is 4.90 Å². The van der Waals surface area contributed by atoms with E-state index in [1.54, 1.807) is 16.7 Å². The van der Waals surface area contributed by atoms with E-state index in [2.05, 4.69) is 0 Å². The van der Waals surface area contributed by atoms with Gasteiger partial charge in [-0.05, 0) is 19.3 Å². The van der Waals surface area contributed by atoms with Gasteiger partial charge in [-0.2, -0.15) is 0 Å². The second-order valence-electron chi connectivity index (χ2n) is 5.14. The minimum atomic E-state index is -0.917. The SMILES string of the molecule is CC(N)CCC(=O)N1C(C(=O)O)CSC1C(C)C. The van der Waals surface area contributed by atoms with Crippen LogP contribution in [0.1, 0.15) is 33.6 Å². The second-order valence-corrected chi connectivity index (χ2v) is 6.29. The number of carboxylic acid groups (broad SMARTS) is 1. The third-order valence-electron chi connectivity index (χ3n) is 2.99. The van der Waals surface area contributed by atoms with E-state index in [1.807, 2.05) is 20.8 Å². The van der Waals surface area contributed by atoms with Gasteiger partial charge in [0.05, 0.1) is 5.37 Å². The van der Waals surface area contributed by atoms with Crippen molar-refractivity contribution in [2.24, 2.45) is 11.7 Å². The van der Waals surface area contributed by atoms with E-state index in [0.29, 0.717) is 18.6 Å². The molecule has 5 nitrogen and oxygen atoms in total. The van der Waals surface area contributed by atoms with Crippen LogP contribution in [0.3, 0.4) is 0 Å². The number of amides is 1. The molecule has 0 bridgehead atoms. The smallest absolute Gasteiger partial charge is 0.327 e. The molecule has 1 saturated heterocycles. The number of carboxylic acids is 1. The summed E-state index contributed by atoms with van der Waals surface area (Å²) in [6.07, 6.45) is 0.919. The van der Waals surface area contributed by atoms with Gasteiger partial charge >= 0.3 is 5.97 Å². The maximum absolute atomic E-state index is 12.2. The highest BCUT2D eigenvalue weighted by Gasteiger charge is 2.42. The molecule has 1 rings (SSSR count). The van der Waals surface area contributed by atoms with Crippen molar-refractivity contribution in [3.05, 3.63) is 0 Å². The molecule has 0 aromatic carbocycles. The number of hydrogen-bond donors (Lipinski definition) is 2. The first-order chi connectivity index (χ1) is 8.34. The highest BCUT2D eigenvalue weighted by atomic mass is 32.2. The fraction of sp³-hybridized carbons (Fsp3) is 0.833. The number of thioether (sulfide) groups is 1. The summed E-state index contributed by atoms with van der Waals surface area (Å²) in [5.74, 6) is -0.288. The van der Waals surface area contributed by atoms with E-state index >= 15 is 0 Å². The van der Waals surface area contributed by atoms with E-state index in [1.165, 1.54) is 0 Å². The fourth-order valence-corrected chi connectivity index (χ4v) is 3.52. The molecule has 3 unspecified atom stereocenters. The van der Waals surface area contributed by atoms with Crippen molar-refractivity contribution < 1.29 is 14.7 Å². The quantitative estimate of drug-likeness (QED) is 0.785. The first-order valence-electron chi connectivity index (χ1n) is 6.25. The number of carbonyl (C=O) groups is 2. The van der Waals surface area contributed by atoms with Crippen LogP contribution in [0.25, 0.3) is 0 Å². The summed E-state index contributed by atoms with van der Waals surface area (Å²) in [5, 5.41) is 9.14. The van der Waals surface area contributed by atoms with Crippen LogP contribution in [0.2, 0.25) is 0 Å². The Bertz CT molecular complexity index is 320. The summed E-state index contributed by atoms with van der Waals surface area (Å²) < 4.78 is 0. The van der Waals surface area contributed by atoms with Crippen molar-refractivity contribution in [2.45, 2.75) is 51.1 Å². The predicted octanol–water partition coefficient (Wildman–Crippen LogP) is 1.12. The lowest BCUT2D eigenvalue weighted by molar-refractivity contribution is -0.149. The Morgan fingerprint density at radius 2 is 2.06 bits per heavy atom. The molecule has 3 atom stereocenters. The van der Waals surface area contributed by atoms with Crippen molar-refractivity contribution in [3.63, 3.8) is 0 Å². The van der Waals surface area contributed by atoms with Gasteiger partial charge in [-0.3, -0.25) is 4.79 Å². The van der Waals surface area contributed by atoms with Gasteiger partial charge in [0.1, 0.15) is 6.04 Å². The van der Waals surface area contributed by atoms with E-state index in [0.717, 1.165) is 0 Å². The lowest BCUT2D eigenvalue weighted by Crippen LogP contribution is -2.47. The Morgan fingerprint density at radius 1 is 1.44 bits per heavy atom. The summed E-state index contributed by atoms with van der Waals surface area (Å²) in [6.45, 7) is 5.86. The van der Waals surface area contributed by atoms with Crippen molar-refractivity contribution in [3.8, 4) is 0 Å². The van der Waals surface area contributed by atoms with Gasteiger partial charge in [-0.1, -0.05) is 13.8 Å². The van der Waals surface area contributed by atoms with Crippen molar-refractivity contribution >= 4 is 23.6 Å². The minimum Gasteiger partial charge on any atom is -0.480 e. The maximum atomic E-state index is 12.2. The largest absolute Gasteiger partial charge is 0.480 e. The molecule has 0 aromatic rings. The number of rotatable bonds is 5. The molecule has 1 aliphatic heterocycles. The third-order valence-corrected chi connectivity index (χ3v) is 4.61. The summed E-state index contributed by atoms with van der Waals surface area (Å²) in [6, 6.07) is -0.729. The summed E-state index contributed by atoms with van der Waals surface area (Å²) in [5.41, 5.74) is 5.64. The topological polar surface area (TPSA) is 83.6 Å². The van der Waals surface area contributed by atoms with Gasteiger partial charge in [0.15, 0.2) is 0 Å². The summed E-state index contributed by atoms with van der Waals surface area (Å²) in [4.78, 5) is 24.9. The molecule has 18 heavy (non-hydrogen) atoms. The van der Waals surface area contributed by atoms with Crippen LogP contribution < -0.4 is 5.73 Å². The van der Waals surface area contributed by atoms with Crippen LogP contribution in [-0.2, 0) is 9.59 Å². The molecule has 0 aromatic heterocycles. The number of nitrogens with two attached hydrogens (primary N) is 1. The highest BCUT2D eigenvalue weighted by Crippen LogP contribution is 2.34. The van der Waals surface area contributed by atoms with Crippen molar-refractivity contribution in [2.75, 3.05) is 5.75 Å². The van der Waals surface area contributed by atoms with Gasteiger partial charge in [0.2, 0.25) is 5.91 Å². The zero-order valence-electron chi connectivity index (χ0n) is 11.1. The summed E-state index contributed by atoms with van der Waals surface area (Å²) >= 11 is 1.55. The molecule has 6 heteroatoms. The van der Waals surface area contributed by atoms with E-state index in [4.69, 9.17) is 5.73 Å². The molecular weight excluding hydrogens is 252 g/mol. The van der Waals surface area contributed by atoms with Crippen LogP contribution in [0.15, 0.2) is 0 Å². The fourth-order valence-electron chi connectivity index (χ4n) is 2.03. The molecule has 0 aliphatic carbocycles. The molecule has 1 heterocycles. The Kier molecular flexibility index (Phi) is 5.47. The first kappa shape index (κ1) is 15.3. The molecular formula is C12H22N2O3S. The Balaban J connectivity index is 2.76. The number of hydrogen-bond acceptors (Lipinski definition) is 4. The van der Waals surface area contributed by atoms with Gasteiger partial charge in [-0.25, -0.2) is 4.79 Å². The van der Waals surface area contributed by atoms with Crippen LogP contribution in [0, 0.1) is 5.92 Å². The van der Waals surface area contributed by atoms with Gasteiger partial charge in [0.25, 0.3) is 0 Å². The normalized spacial score (nSPS) is 25.5. The third kappa shape index (κ3) is 3.62. The molecule has 3 N–H and O–H groups in total. The van der Waals surface area contributed by atoms with Gasteiger partial charge in [0, 0.05) is 18.2 Å². The molecule has 1 fully saturated rings. The Morgan fingerprint density at radius 3 is 2.50 bits per heavy atom. The molecule has 0 saturated carbocycles. The van der Waals surface area contributed by atoms with Gasteiger partial charge < -0.3 is 15.7 Å². The maximum Gasteiger partial charge on any atom is 0.327 e. The lowest BCUT2D eigenvalue weighted by atomic mass is 10.1. The van der Waals surface area contributed by atoms with Crippen LogP contribution in [0.5, 0.6) is 0 Å². The van der Waals surface area contributed by atoms with E-state index in [-0.39, 0.29) is 23.2 Å². The van der Waals surface area contributed by atoms with E-state index < -0.39 is 12.0 Å². The Labute approximate surface area is 112 Å². The van der Waals surface area contributed by atoms with Crippen LogP contribution in [0.4, 0.5) is 0 Å². The van der Waals surface area contributed by atoms with E-state index in [9.17, 15) is 14.7 Å². The highest BCUT2D eigenvalue weighted by molar-refractivity contribution is 8.00. The monoisotopic (exact) mass is 274 g/mol. The second kappa shape index (κ2) is 6.43. The molecule has 0 spiro atoms. The first-order valence-corrected chi connectivity index (χ1v) is 7.30. The standard InChI is InChI=1S/C12H22N2O3S/c1-7(2)11-14(9(6-18-11)12(16)17)10(15)5-4-8(3)13/h7-9,11H,4-6,13H2,1-3H3,(H,16,17). The number of carbonyl (C=O) groups excluding carboxylic acids is 1. The molecule has 1 amide bonds. The molecule has 104 valence electrons. The average molecular weight is 274 g/mol. The minimum absolute atomic E-state index is 0.0355. The molecule has 1 aliphatic rings. The van der Waals surface area contributed by atoms with Crippen LogP contribution in [-0.4, -0.2) is 45.1 Å². The number of aliphatic carboxylic acids is 1. The Hall–Kier alpha value is -0.750. The predicted molar refractivity (Wildman–Crippen MR) is 72.2 cm³/mol. The zero-order chi connectivity index (χ0) is 13.9. The molecule has 0 radical (unpaired) electrons. The average Bonchev–Trinajstić information content (AvgIpc) is 2.70. The number of nitrogens with zero attached hydrogens (tertiary/aromatic N) is 1. The summed E-state index contributed by atoms with van der Waals surface area (Å²) in [7, 11) is 0. The van der Waals surface area contributed by atoms with Gasteiger partial charge in [-0.15, -0.1) is 11.8 Å². The van der Waals surface area contributed by atoms with Crippen molar-refractivity contribution in [1.29, 1.82) is 0 Å².